The number of rotatable bonds is 2. The lowest BCUT2D eigenvalue weighted by atomic mass is 10.1. The fourth-order valence-electron chi connectivity index (χ4n) is 3.11. The van der Waals surface area contributed by atoms with Crippen molar-refractivity contribution in [2.75, 3.05) is 5.73 Å². The molecule has 3 nitrogen and oxygen atoms in total. The normalized spacial score (nSPS) is 23.3. The molecule has 1 aromatic heterocycles. The van der Waals surface area contributed by atoms with Crippen molar-refractivity contribution >= 4 is 17.0 Å². The van der Waals surface area contributed by atoms with E-state index in [2.05, 4.69) is 11.9 Å². The maximum absolute atomic E-state index is 13.6. The Labute approximate surface area is 110 Å². The van der Waals surface area contributed by atoms with Crippen LogP contribution in [0.25, 0.3) is 11.0 Å². The van der Waals surface area contributed by atoms with Gasteiger partial charge in [0.15, 0.2) is 5.82 Å². The number of imidazole rings is 1. The van der Waals surface area contributed by atoms with Crippen LogP contribution < -0.4 is 5.73 Å². The summed E-state index contributed by atoms with van der Waals surface area (Å²) >= 11 is 0. The van der Waals surface area contributed by atoms with Gasteiger partial charge in [-0.1, -0.05) is 13.3 Å². The standard InChI is InChI=1S/C14H17F2N3/c1-8-2-3-9(4-8)7-19-12-6-10(15)5-11(16)13(12)18-14(19)17/h5-6,8-9H,2-4,7H2,1H3,(H2,17,18). The Morgan fingerprint density at radius 1 is 1.37 bits per heavy atom. The third kappa shape index (κ3) is 2.17. The summed E-state index contributed by atoms with van der Waals surface area (Å²) in [7, 11) is 0. The minimum atomic E-state index is -0.653. The Hall–Kier alpha value is -1.65. The monoisotopic (exact) mass is 265 g/mol. The molecule has 1 fully saturated rings. The largest absolute Gasteiger partial charge is 0.369 e. The first-order chi connectivity index (χ1) is 9.04. The fraction of sp³-hybridized carbons (Fsp3) is 0.500. The molecule has 0 amide bonds. The number of aromatic nitrogens is 2. The summed E-state index contributed by atoms with van der Waals surface area (Å²) in [4.78, 5) is 4.01. The second kappa shape index (κ2) is 4.47. The summed E-state index contributed by atoms with van der Waals surface area (Å²) in [6, 6.07) is 2.15. The van der Waals surface area contributed by atoms with Crippen molar-refractivity contribution < 1.29 is 8.78 Å². The molecular formula is C14H17F2N3. The van der Waals surface area contributed by atoms with Gasteiger partial charge in [0.1, 0.15) is 11.3 Å². The number of halogens is 2. The molecule has 2 N–H and O–H groups in total. The van der Waals surface area contributed by atoms with E-state index in [9.17, 15) is 8.78 Å². The van der Waals surface area contributed by atoms with Gasteiger partial charge in [-0.3, -0.25) is 0 Å². The van der Waals surface area contributed by atoms with Crippen LogP contribution in [0.2, 0.25) is 0 Å². The lowest BCUT2D eigenvalue weighted by Gasteiger charge is -2.12. The van der Waals surface area contributed by atoms with E-state index in [1.165, 1.54) is 12.5 Å². The van der Waals surface area contributed by atoms with Crippen LogP contribution >= 0.6 is 0 Å². The number of benzene rings is 1. The van der Waals surface area contributed by atoms with Crippen LogP contribution in [0.3, 0.4) is 0 Å². The number of fused-ring (bicyclic) bond motifs is 1. The van der Waals surface area contributed by atoms with Gasteiger partial charge in [-0.2, -0.15) is 0 Å². The molecule has 1 aliphatic rings. The number of nitrogen functional groups attached to an aromatic ring is 1. The zero-order valence-electron chi connectivity index (χ0n) is 10.9. The van der Waals surface area contributed by atoms with E-state index < -0.39 is 11.6 Å². The third-order valence-electron chi connectivity index (χ3n) is 4.05. The molecule has 19 heavy (non-hydrogen) atoms. The van der Waals surface area contributed by atoms with E-state index in [1.54, 1.807) is 4.57 Å². The maximum Gasteiger partial charge on any atom is 0.201 e. The average Bonchev–Trinajstić information content (AvgIpc) is 2.87. The molecule has 1 aromatic carbocycles. The quantitative estimate of drug-likeness (QED) is 0.905. The molecule has 2 aromatic rings. The van der Waals surface area contributed by atoms with Crippen molar-refractivity contribution in [3.63, 3.8) is 0 Å². The van der Waals surface area contributed by atoms with E-state index in [1.807, 2.05) is 0 Å². The lowest BCUT2D eigenvalue weighted by Crippen LogP contribution is -2.10. The van der Waals surface area contributed by atoms with Crippen molar-refractivity contribution in [1.29, 1.82) is 0 Å². The second-order valence-corrected chi connectivity index (χ2v) is 5.62. The third-order valence-corrected chi connectivity index (χ3v) is 4.05. The van der Waals surface area contributed by atoms with Crippen molar-refractivity contribution in [2.45, 2.75) is 32.7 Å². The highest BCUT2D eigenvalue weighted by Crippen LogP contribution is 2.33. The average molecular weight is 265 g/mol. The van der Waals surface area contributed by atoms with Gasteiger partial charge in [0.2, 0.25) is 5.95 Å². The SMILES string of the molecule is CC1CCC(Cn2c(N)nc3c(F)cc(F)cc32)C1. The summed E-state index contributed by atoms with van der Waals surface area (Å²) in [5, 5.41) is 0. The number of anilines is 1. The molecule has 2 unspecified atom stereocenters. The molecular weight excluding hydrogens is 248 g/mol. The van der Waals surface area contributed by atoms with Crippen LogP contribution in [0.4, 0.5) is 14.7 Å². The van der Waals surface area contributed by atoms with E-state index in [0.29, 0.717) is 18.0 Å². The summed E-state index contributed by atoms with van der Waals surface area (Å²) in [5.74, 6) is 0.251. The predicted molar refractivity (Wildman–Crippen MR) is 70.6 cm³/mol. The molecule has 0 bridgehead atoms. The van der Waals surface area contributed by atoms with E-state index in [-0.39, 0.29) is 11.5 Å². The zero-order valence-corrected chi connectivity index (χ0v) is 10.9. The van der Waals surface area contributed by atoms with Gasteiger partial charge in [-0.15, -0.1) is 0 Å². The molecule has 0 aliphatic heterocycles. The summed E-state index contributed by atoms with van der Waals surface area (Å²) < 4.78 is 28.7. The minimum absolute atomic E-state index is 0.157. The van der Waals surface area contributed by atoms with Gasteiger partial charge in [-0.25, -0.2) is 13.8 Å². The second-order valence-electron chi connectivity index (χ2n) is 5.62. The van der Waals surface area contributed by atoms with Crippen molar-refractivity contribution in [2.24, 2.45) is 11.8 Å². The Morgan fingerprint density at radius 3 is 2.84 bits per heavy atom. The number of hydrogen-bond donors (Lipinski definition) is 1. The first-order valence-corrected chi connectivity index (χ1v) is 6.65. The molecule has 102 valence electrons. The van der Waals surface area contributed by atoms with Gasteiger partial charge in [0.05, 0.1) is 5.52 Å². The molecule has 1 heterocycles. The first-order valence-electron chi connectivity index (χ1n) is 6.65. The van der Waals surface area contributed by atoms with Gasteiger partial charge >= 0.3 is 0 Å². The van der Waals surface area contributed by atoms with Gasteiger partial charge in [0, 0.05) is 18.7 Å². The van der Waals surface area contributed by atoms with Gasteiger partial charge in [0.25, 0.3) is 0 Å². The minimum Gasteiger partial charge on any atom is -0.369 e. The number of nitrogens with two attached hydrogens (primary N) is 1. The Bertz CT molecular complexity index is 621. The molecule has 3 rings (SSSR count). The Kier molecular flexibility index (Phi) is 2.92. The van der Waals surface area contributed by atoms with Crippen molar-refractivity contribution in [3.05, 3.63) is 23.8 Å². The first kappa shape index (κ1) is 12.4. The van der Waals surface area contributed by atoms with Crippen LogP contribution in [0, 0.1) is 23.5 Å². The van der Waals surface area contributed by atoms with E-state index in [0.717, 1.165) is 24.8 Å². The van der Waals surface area contributed by atoms with Crippen LogP contribution in [-0.2, 0) is 6.54 Å². The predicted octanol–water partition coefficient (Wildman–Crippen LogP) is 3.33. The molecule has 2 atom stereocenters. The summed E-state index contributed by atoms with van der Waals surface area (Å²) in [6.07, 6.45) is 3.48. The van der Waals surface area contributed by atoms with Crippen LogP contribution in [0.15, 0.2) is 12.1 Å². The highest BCUT2D eigenvalue weighted by atomic mass is 19.1. The molecule has 5 heteroatoms. The Balaban J connectivity index is 2.00. The van der Waals surface area contributed by atoms with Gasteiger partial charge < -0.3 is 10.3 Å². The van der Waals surface area contributed by atoms with Crippen LogP contribution in [0.1, 0.15) is 26.2 Å². The lowest BCUT2D eigenvalue weighted by molar-refractivity contribution is 0.449. The van der Waals surface area contributed by atoms with Crippen LogP contribution in [0.5, 0.6) is 0 Å². The van der Waals surface area contributed by atoms with E-state index in [4.69, 9.17) is 5.73 Å². The van der Waals surface area contributed by atoms with Crippen LogP contribution in [-0.4, -0.2) is 9.55 Å². The summed E-state index contributed by atoms with van der Waals surface area (Å²) in [5.41, 5.74) is 6.46. The van der Waals surface area contributed by atoms with E-state index >= 15 is 0 Å². The topological polar surface area (TPSA) is 43.8 Å². The number of nitrogens with zero attached hydrogens (tertiary/aromatic N) is 2. The molecule has 1 aliphatic carbocycles. The molecule has 0 radical (unpaired) electrons. The fourth-order valence-corrected chi connectivity index (χ4v) is 3.11. The highest BCUT2D eigenvalue weighted by Gasteiger charge is 2.23. The number of hydrogen-bond acceptors (Lipinski definition) is 2. The molecule has 0 saturated heterocycles. The smallest absolute Gasteiger partial charge is 0.201 e. The van der Waals surface area contributed by atoms with Gasteiger partial charge in [-0.05, 0) is 24.7 Å². The highest BCUT2D eigenvalue weighted by molar-refractivity contribution is 5.79. The van der Waals surface area contributed by atoms with Crippen molar-refractivity contribution in [3.8, 4) is 0 Å². The Morgan fingerprint density at radius 2 is 2.16 bits per heavy atom. The molecule has 1 saturated carbocycles. The maximum atomic E-state index is 13.6. The van der Waals surface area contributed by atoms with Crippen molar-refractivity contribution in [1.82, 2.24) is 9.55 Å². The summed E-state index contributed by atoms with van der Waals surface area (Å²) in [6.45, 7) is 2.92. The molecule has 0 spiro atoms. The zero-order chi connectivity index (χ0) is 13.6.